The summed E-state index contributed by atoms with van der Waals surface area (Å²) in [5.41, 5.74) is -1.99. The molecule has 1 saturated heterocycles. The van der Waals surface area contributed by atoms with E-state index in [1.165, 1.54) is 50.6 Å². The van der Waals surface area contributed by atoms with Crippen LogP contribution < -0.4 is 9.47 Å². The van der Waals surface area contributed by atoms with E-state index in [1.54, 1.807) is 24.3 Å². The molecule has 3 aromatic carbocycles. The summed E-state index contributed by atoms with van der Waals surface area (Å²) < 4.78 is 54.8. The van der Waals surface area contributed by atoms with E-state index < -0.39 is 35.0 Å². The van der Waals surface area contributed by atoms with Crippen molar-refractivity contribution in [1.82, 2.24) is 0 Å². The highest BCUT2D eigenvalue weighted by Crippen LogP contribution is 2.53. The van der Waals surface area contributed by atoms with Crippen LogP contribution in [0.5, 0.6) is 11.5 Å². The van der Waals surface area contributed by atoms with Gasteiger partial charge in [-0.15, -0.1) is 0 Å². The van der Waals surface area contributed by atoms with Gasteiger partial charge in [0, 0.05) is 11.1 Å². The topological polar surface area (TPSA) is 65.1 Å². The highest BCUT2D eigenvalue weighted by atomic mass is 19.4. The van der Waals surface area contributed by atoms with Gasteiger partial charge in [-0.1, -0.05) is 12.1 Å². The normalized spacial score (nSPS) is 16.7. The Morgan fingerprint density at radius 2 is 1.18 bits per heavy atom. The maximum absolute atomic E-state index is 13.5. The molecular formula is C25H19F3O5. The number of rotatable bonds is 7. The molecule has 1 heterocycles. The first-order chi connectivity index (χ1) is 15.7. The van der Waals surface area contributed by atoms with E-state index in [4.69, 9.17) is 14.2 Å². The zero-order valence-electron chi connectivity index (χ0n) is 17.7. The summed E-state index contributed by atoms with van der Waals surface area (Å²) in [6.07, 6.45) is -5.53. The molecule has 1 fully saturated rings. The predicted molar refractivity (Wildman–Crippen MR) is 113 cm³/mol. The third kappa shape index (κ3) is 4.09. The molecule has 170 valence electrons. The number of hydrogen-bond acceptors (Lipinski definition) is 5. The lowest BCUT2D eigenvalue weighted by Crippen LogP contribution is -2.35. The lowest BCUT2D eigenvalue weighted by atomic mass is 9.84. The quantitative estimate of drug-likeness (QED) is 0.274. The van der Waals surface area contributed by atoms with Crippen molar-refractivity contribution in [2.45, 2.75) is 17.9 Å². The molecule has 0 aliphatic carbocycles. The standard InChI is InChI=1S/C25H19F3O5/c1-31-19-11-5-15(6-12-19)21(29)24(22(30)16-7-13-20(32-2)14-8-16)23(33-24)17-3-9-18(10-4-17)25(26,27)28/h3-14,23H,1-2H3/t23-/m1/s1. The largest absolute Gasteiger partial charge is 0.497 e. The fraction of sp³-hybridized carbons (Fsp3) is 0.200. The average Bonchev–Trinajstić information content (AvgIpc) is 3.60. The fourth-order valence-corrected chi connectivity index (χ4v) is 3.66. The van der Waals surface area contributed by atoms with E-state index in [0.717, 1.165) is 12.1 Å². The summed E-state index contributed by atoms with van der Waals surface area (Å²) in [5.74, 6) is -0.122. The van der Waals surface area contributed by atoms with Crippen molar-refractivity contribution in [3.63, 3.8) is 0 Å². The number of hydrogen-bond donors (Lipinski definition) is 0. The zero-order valence-corrected chi connectivity index (χ0v) is 17.7. The number of ether oxygens (including phenoxy) is 3. The van der Waals surface area contributed by atoms with Gasteiger partial charge in [-0.3, -0.25) is 9.59 Å². The number of benzene rings is 3. The van der Waals surface area contributed by atoms with Crippen molar-refractivity contribution in [3.8, 4) is 11.5 Å². The lowest BCUT2D eigenvalue weighted by molar-refractivity contribution is -0.137. The Labute approximate surface area is 187 Å². The van der Waals surface area contributed by atoms with E-state index >= 15 is 0 Å². The number of halogens is 3. The smallest absolute Gasteiger partial charge is 0.416 e. The summed E-state index contributed by atoms with van der Waals surface area (Å²) in [5, 5.41) is 0. The highest BCUT2D eigenvalue weighted by Gasteiger charge is 2.68. The van der Waals surface area contributed by atoms with Crippen molar-refractivity contribution in [2.75, 3.05) is 14.2 Å². The molecule has 0 bridgehead atoms. The zero-order chi connectivity index (χ0) is 23.8. The van der Waals surface area contributed by atoms with Crippen molar-refractivity contribution >= 4 is 11.6 Å². The third-order valence-electron chi connectivity index (χ3n) is 5.54. The lowest BCUT2D eigenvalue weighted by Gasteiger charge is -2.13. The molecular weight excluding hydrogens is 437 g/mol. The van der Waals surface area contributed by atoms with Crippen LogP contribution in [0.25, 0.3) is 0 Å². The summed E-state index contributed by atoms with van der Waals surface area (Å²) in [6, 6.07) is 16.6. The van der Waals surface area contributed by atoms with Gasteiger partial charge in [-0.05, 0) is 66.2 Å². The summed E-state index contributed by atoms with van der Waals surface area (Å²) in [4.78, 5) is 27.0. The van der Waals surface area contributed by atoms with Crippen LogP contribution in [0, 0.1) is 0 Å². The van der Waals surface area contributed by atoms with Crippen molar-refractivity contribution < 1.29 is 37.0 Å². The molecule has 0 saturated carbocycles. The van der Waals surface area contributed by atoms with E-state index in [9.17, 15) is 22.8 Å². The van der Waals surface area contributed by atoms with Crippen molar-refractivity contribution in [3.05, 3.63) is 95.1 Å². The third-order valence-corrected chi connectivity index (χ3v) is 5.54. The van der Waals surface area contributed by atoms with Crippen LogP contribution in [-0.2, 0) is 10.9 Å². The summed E-state index contributed by atoms with van der Waals surface area (Å²) >= 11 is 0. The highest BCUT2D eigenvalue weighted by molar-refractivity contribution is 6.25. The first-order valence-electron chi connectivity index (χ1n) is 9.93. The maximum atomic E-state index is 13.5. The van der Waals surface area contributed by atoms with Gasteiger partial charge in [0.2, 0.25) is 17.2 Å². The van der Waals surface area contributed by atoms with Crippen LogP contribution >= 0.6 is 0 Å². The maximum Gasteiger partial charge on any atom is 0.416 e. The predicted octanol–water partition coefficient (Wildman–Crippen LogP) is 5.30. The van der Waals surface area contributed by atoms with Crippen LogP contribution in [0.4, 0.5) is 13.2 Å². The molecule has 0 unspecified atom stereocenters. The van der Waals surface area contributed by atoms with Gasteiger partial charge >= 0.3 is 6.18 Å². The Morgan fingerprint density at radius 3 is 1.55 bits per heavy atom. The molecule has 1 aliphatic heterocycles. The minimum absolute atomic E-state index is 0.215. The summed E-state index contributed by atoms with van der Waals surface area (Å²) in [7, 11) is 2.96. The molecule has 33 heavy (non-hydrogen) atoms. The Morgan fingerprint density at radius 1 is 0.758 bits per heavy atom. The van der Waals surface area contributed by atoms with Gasteiger partial charge in [0.1, 0.15) is 17.6 Å². The van der Waals surface area contributed by atoms with Gasteiger partial charge in [-0.2, -0.15) is 13.2 Å². The van der Waals surface area contributed by atoms with Crippen LogP contribution in [0.1, 0.15) is 37.9 Å². The molecule has 5 nitrogen and oxygen atoms in total. The summed E-state index contributed by atoms with van der Waals surface area (Å²) in [6.45, 7) is 0. The Bertz CT molecular complexity index is 1110. The minimum atomic E-state index is -4.50. The SMILES string of the molecule is COc1ccc(C(=O)C2(C(=O)c3ccc(OC)cc3)O[C@@H]2c2ccc(C(F)(F)F)cc2)cc1. The molecule has 1 aliphatic rings. The molecule has 0 amide bonds. The van der Waals surface area contributed by atoms with Gasteiger partial charge in [0.05, 0.1) is 19.8 Å². The van der Waals surface area contributed by atoms with Crippen LogP contribution in [0.3, 0.4) is 0 Å². The number of carbonyl (C=O) groups is 2. The van der Waals surface area contributed by atoms with E-state index in [-0.39, 0.29) is 11.1 Å². The van der Waals surface area contributed by atoms with E-state index in [0.29, 0.717) is 17.1 Å². The second-order valence-electron chi connectivity index (χ2n) is 7.47. The van der Waals surface area contributed by atoms with Crippen molar-refractivity contribution in [1.29, 1.82) is 0 Å². The number of alkyl halides is 3. The van der Waals surface area contributed by atoms with E-state index in [2.05, 4.69) is 0 Å². The number of carbonyl (C=O) groups excluding carboxylic acids is 2. The molecule has 0 N–H and O–H groups in total. The first kappa shape index (κ1) is 22.5. The molecule has 4 rings (SSSR count). The van der Waals surface area contributed by atoms with Gasteiger partial charge in [0.25, 0.3) is 0 Å². The van der Waals surface area contributed by atoms with Gasteiger partial charge in [-0.25, -0.2) is 0 Å². The number of Topliss-reactive ketones (excluding diaryl/α,β-unsaturated/α-hetero) is 2. The second kappa shape index (κ2) is 8.37. The second-order valence-corrected chi connectivity index (χ2v) is 7.47. The first-order valence-corrected chi connectivity index (χ1v) is 9.93. The van der Waals surface area contributed by atoms with Crippen molar-refractivity contribution in [2.24, 2.45) is 0 Å². The molecule has 0 aromatic heterocycles. The van der Waals surface area contributed by atoms with Gasteiger partial charge in [0.15, 0.2) is 0 Å². The van der Waals surface area contributed by atoms with Crippen LogP contribution in [0.15, 0.2) is 72.8 Å². The van der Waals surface area contributed by atoms with Gasteiger partial charge < -0.3 is 14.2 Å². The van der Waals surface area contributed by atoms with E-state index in [1.807, 2.05) is 0 Å². The Kier molecular flexibility index (Phi) is 5.71. The monoisotopic (exact) mass is 456 g/mol. The molecule has 0 radical (unpaired) electrons. The average molecular weight is 456 g/mol. The number of epoxide rings is 1. The molecule has 8 heteroatoms. The Hall–Kier alpha value is -3.65. The number of methoxy groups -OCH3 is 2. The molecule has 1 atom stereocenters. The Balaban J connectivity index is 1.72. The molecule has 3 aromatic rings. The fourth-order valence-electron chi connectivity index (χ4n) is 3.66. The van der Waals surface area contributed by atoms with Crippen LogP contribution in [0.2, 0.25) is 0 Å². The molecule has 0 spiro atoms. The number of ketones is 2. The van der Waals surface area contributed by atoms with Crippen LogP contribution in [-0.4, -0.2) is 31.4 Å². The minimum Gasteiger partial charge on any atom is -0.497 e.